The molecule has 1 atom stereocenters. The molecule has 0 radical (unpaired) electrons. The van der Waals surface area contributed by atoms with Crippen LogP contribution in [0.25, 0.3) is 0 Å². The molecule has 130 valence electrons. The summed E-state index contributed by atoms with van der Waals surface area (Å²) in [6, 6.07) is 10.8. The molecule has 0 saturated carbocycles. The summed E-state index contributed by atoms with van der Waals surface area (Å²) in [7, 11) is 0. The third-order valence-corrected chi connectivity index (χ3v) is 6.04. The number of rotatable bonds is 2. The first-order valence-electron chi connectivity index (χ1n) is 9.22. The molecule has 1 saturated heterocycles. The molecule has 0 bridgehead atoms. The Kier molecular flexibility index (Phi) is 3.66. The number of piperidine rings is 1. The average Bonchev–Trinajstić information content (AvgIpc) is 3.04. The Morgan fingerprint density at radius 1 is 0.923 bits per heavy atom. The largest absolute Gasteiger partial charge is 0.341 e. The van der Waals surface area contributed by atoms with E-state index in [4.69, 9.17) is 0 Å². The minimum absolute atomic E-state index is 0.238. The molecule has 5 rings (SSSR count). The van der Waals surface area contributed by atoms with E-state index in [1.54, 1.807) is 6.33 Å². The first kappa shape index (κ1) is 15.4. The van der Waals surface area contributed by atoms with Gasteiger partial charge in [-0.3, -0.25) is 0 Å². The van der Waals surface area contributed by atoms with E-state index >= 15 is 0 Å². The predicted octanol–water partition coefficient (Wildman–Crippen LogP) is 3.34. The van der Waals surface area contributed by atoms with Crippen LogP contribution in [0.4, 0.5) is 5.95 Å². The molecular weight excluding hydrogens is 322 g/mol. The number of anilines is 1. The fourth-order valence-corrected chi connectivity index (χ4v) is 4.75. The fraction of sp³-hybridized carbons (Fsp3) is 0.333. The van der Waals surface area contributed by atoms with Crippen molar-refractivity contribution in [3.63, 3.8) is 0 Å². The standard InChI is InChI=1S/C21H21N5/c1-2-5-19-17(4-1)18(16-13-22-15-23-14-16)12-21(19)6-10-26(11-7-21)20-24-8-3-9-25-20/h1-5,8-9,13-15,18H,6-7,10-12H2. The minimum atomic E-state index is 0.238. The van der Waals surface area contributed by atoms with Gasteiger partial charge in [-0.1, -0.05) is 24.3 Å². The van der Waals surface area contributed by atoms with Gasteiger partial charge in [0.05, 0.1) is 0 Å². The Labute approximate surface area is 153 Å². The van der Waals surface area contributed by atoms with Crippen LogP contribution in [0, 0.1) is 0 Å². The summed E-state index contributed by atoms with van der Waals surface area (Å²) in [5.41, 5.74) is 4.43. The van der Waals surface area contributed by atoms with E-state index in [2.05, 4.69) is 49.1 Å². The van der Waals surface area contributed by atoms with Gasteiger partial charge in [-0.15, -0.1) is 0 Å². The summed E-state index contributed by atoms with van der Waals surface area (Å²) >= 11 is 0. The van der Waals surface area contributed by atoms with Gasteiger partial charge in [0.15, 0.2) is 0 Å². The maximum atomic E-state index is 4.42. The highest BCUT2D eigenvalue weighted by atomic mass is 15.2. The predicted molar refractivity (Wildman–Crippen MR) is 100 cm³/mol. The van der Waals surface area contributed by atoms with Gasteiger partial charge < -0.3 is 4.90 Å². The van der Waals surface area contributed by atoms with Gasteiger partial charge in [0.25, 0.3) is 0 Å². The molecule has 2 aromatic heterocycles. The molecule has 0 N–H and O–H groups in total. The quantitative estimate of drug-likeness (QED) is 0.714. The van der Waals surface area contributed by atoms with Crippen LogP contribution >= 0.6 is 0 Å². The third kappa shape index (κ3) is 2.46. The van der Waals surface area contributed by atoms with Crippen LogP contribution < -0.4 is 4.90 Å². The smallest absolute Gasteiger partial charge is 0.225 e. The summed E-state index contributed by atoms with van der Waals surface area (Å²) < 4.78 is 0. The second kappa shape index (κ2) is 6.16. The second-order valence-corrected chi connectivity index (χ2v) is 7.33. The molecule has 26 heavy (non-hydrogen) atoms. The van der Waals surface area contributed by atoms with Gasteiger partial charge in [0.1, 0.15) is 6.33 Å². The Morgan fingerprint density at radius 3 is 2.42 bits per heavy atom. The minimum Gasteiger partial charge on any atom is -0.341 e. The van der Waals surface area contributed by atoms with Gasteiger partial charge in [0, 0.05) is 43.8 Å². The van der Waals surface area contributed by atoms with Crippen molar-refractivity contribution in [3.05, 3.63) is 78.1 Å². The van der Waals surface area contributed by atoms with Crippen LogP contribution in [-0.4, -0.2) is 33.0 Å². The molecular formula is C21H21N5. The summed E-state index contributed by atoms with van der Waals surface area (Å²) in [5.74, 6) is 1.24. The molecule has 2 aliphatic rings. The van der Waals surface area contributed by atoms with E-state index < -0.39 is 0 Å². The number of nitrogens with zero attached hydrogens (tertiary/aromatic N) is 5. The monoisotopic (exact) mass is 343 g/mol. The zero-order valence-corrected chi connectivity index (χ0v) is 14.6. The second-order valence-electron chi connectivity index (χ2n) is 7.33. The summed E-state index contributed by atoms with van der Waals surface area (Å²) in [4.78, 5) is 19.7. The van der Waals surface area contributed by atoms with E-state index in [0.717, 1.165) is 38.3 Å². The van der Waals surface area contributed by atoms with Gasteiger partial charge in [-0.05, 0) is 47.4 Å². The Hall–Kier alpha value is -2.82. The lowest BCUT2D eigenvalue weighted by atomic mass is 9.73. The van der Waals surface area contributed by atoms with Crippen LogP contribution in [0.3, 0.4) is 0 Å². The van der Waals surface area contributed by atoms with E-state index in [1.165, 1.54) is 16.7 Å². The molecule has 1 aliphatic heterocycles. The highest BCUT2D eigenvalue weighted by Gasteiger charge is 2.46. The number of hydrogen-bond acceptors (Lipinski definition) is 5. The number of aromatic nitrogens is 4. The lowest BCUT2D eigenvalue weighted by Crippen LogP contribution is -2.42. The first-order valence-corrected chi connectivity index (χ1v) is 9.22. The first-order chi connectivity index (χ1) is 12.9. The van der Waals surface area contributed by atoms with E-state index in [-0.39, 0.29) is 5.41 Å². The van der Waals surface area contributed by atoms with E-state index in [9.17, 15) is 0 Å². The van der Waals surface area contributed by atoms with Crippen LogP contribution in [0.2, 0.25) is 0 Å². The van der Waals surface area contributed by atoms with Crippen molar-refractivity contribution in [3.8, 4) is 0 Å². The molecule has 0 amide bonds. The van der Waals surface area contributed by atoms with Crippen LogP contribution in [-0.2, 0) is 5.41 Å². The van der Waals surface area contributed by atoms with Gasteiger partial charge in [0.2, 0.25) is 5.95 Å². The van der Waals surface area contributed by atoms with Crippen LogP contribution in [0.1, 0.15) is 41.9 Å². The SMILES string of the molecule is c1cnc(N2CCC3(CC2)CC(c2cncnc2)c2ccccc23)nc1. The van der Waals surface area contributed by atoms with Gasteiger partial charge in [-0.25, -0.2) is 19.9 Å². The van der Waals surface area contributed by atoms with Crippen molar-refractivity contribution >= 4 is 5.95 Å². The summed E-state index contributed by atoms with van der Waals surface area (Å²) in [5, 5.41) is 0. The van der Waals surface area contributed by atoms with Crippen molar-refractivity contribution in [1.29, 1.82) is 0 Å². The van der Waals surface area contributed by atoms with Crippen LogP contribution in [0.5, 0.6) is 0 Å². The van der Waals surface area contributed by atoms with Gasteiger partial charge in [-0.2, -0.15) is 0 Å². The van der Waals surface area contributed by atoms with Crippen molar-refractivity contribution < 1.29 is 0 Å². The maximum Gasteiger partial charge on any atom is 0.225 e. The molecule has 5 heteroatoms. The maximum absolute atomic E-state index is 4.42. The molecule has 1 spiro atoms. The lowest BCUT2D eigenvalue weighted by Gasteiger charge is -2.40. The van der Waals surface area contributed by atoms with E-state index in [0.29, 0.717) is 5.92 Å². The molecule has 1 unspecified atom stereocenters. The zero-order valence-electron chi connectivity index (χ0n) is 14.6. The normalized spacial score (nSPS) is 20.9. The molecule has 1 aromatic carbocycles. The Morgan fingerprint density at radius 2 is 1.65 bits per heavy atom. The average molecular weight is 343 g/mol. The Bertz CT molecular complexity index is 889. The number of benzene rings is 1. The summed E-state index contributed by atoms with van der Waals surface area (Å²) in [6.07, 6.45) is 12.6. The van der Waals surface area contributed by atoms with Crippen molar-refractivity contribution in [2.75, 3.05) is 18.0 Å². The van der Waals surface area contributed by atoms with E-state index in [1.807, 2.05) is 30.9 Å². The van der Waals surface area contributed by atoms with Crippen molar-refractivity contribution in [2.24, 2.45) is 0 Å². The lowest BCUT2D eigenvalue weighted by molar-refractivity contribution is 0.320. The molecule has 3 heterocycles. The van der Waals surface area contributed by atoms with Gasteiger partial charge >= 0.3 is 0 Å². The van der Waals surface area contributed by atoms with Crippen LogP contribution in [0.15, 0.2) is 61.4 Å². The highest BCUT2D eigenvalue weighted by Crippen LogP contribution is 2.53. The van der Waals surface area contributed by atoms with Crippen molar-refractivity contribution in [1.82, 2.24) is 19.9 Å². The molecule has 3 aromatic rings. The zero-order chi connectivity index (χ0) is 17.4. The molecule has 1 aliphatic carbocycles. The summed E-state index contributed by atoms with van der Waals surface area (Å²) in [6.45, 7) is 1.99. The number of fused-ring (bicyclic) bond motifs is 2. The fourth-order valence-electron chi connectivity index (χ4n) is 4.75. The van der Waals surface area contributed by atoms with Crippen molar-refractivity contribution in [2.45, 2.75) is 30.6 Å². The third-order valence-electron chi connectivity index (χ3n) is 6.04. The molecule has 1 fully saturated rings. The molecule has 5 nitrogen and oxygen atoms in total. The topological polar surface area (TPSA) is 54.8 Å². The Balaban J connectivity index is 1.45. The highest BCUT2D eigenvalue weighted by molar-refractivity contribution is 5.48. The number of hydrogen-bond donors (Lipinski definition) is 0.